The molecule has 5 heteroatoms. The van der Waals surface area contributed by atoms with E-state index in [9.17, 15) is 4.39 Å². The first-order valence-electron chi connectivity index (χ1n) is 4.99. The van der Waals surface area contributed by atoms with Crippen molar-refractivity contribution in [3.8, 4) is 0 Å². The third-order valence-corrected chi connectivity index (χ3v) is 2.30. The van der Waals surface area contributed by atoms with Crippen LogP contribution in [-0.4, -0.2) is 14.8 Å². The average molecular weight is 220 g/mol. The minimum Gasteiger partial charge on any atom is -0.366 e. The van der Waals surface area contributed by atoms with Crippen molar-refractivity contribution in [2.75, 3.05) is 5.32 Å². The van der Waals surface area contributed by atoms with Crippen molar-refractivity contribution in [3.63, 3.8) is 0 Å². The van der Waals surface area contributed by atoms with Gasteiger partial charge < -0.3 is 5.32 Å². The Morgan fingerprint density at radius 2 is 2.25 bits per heavy atom. The minimum absolute atomic E-state index is 0.330. The maximum Gasteiger partial charge on any atom is 0.141 e. The SMILES string of the molecule is Cc1nn(C)cc1CNc1ccc(F)cn1. The topological polar surface area (TPSA) is 42.7 Å². The van der Waals surface area contributed by atoms with E-state index in [1.54, 1.807) is 10.7 Å². The van der Waals surface area contributed by atoms with Crippen LogP contribution in [0.2, 0.25) is 0 Å². The molecule has 2 aromatic heterocycles. The summed E-state index contributed by atoms with van der Waals surface area (Å²) in [6.45, 7) is 2.59. The lowest BCUT2D eigenvalue weighted by Crippen LogP contribution is -2.01. The molecule has 0 aliphatic heterocycles. The smallest absolute Gasteiger partial charge is 0.141 e. The average Bonchev–Trinajstić information content (AvgIpc) is 2.57. The summed E-state index contributed by atoms with van der Waals surface area (Å²) in [4.78, 5) is 3.92. The number of rotatable bonds is 3. The summed E-state index contributed by atoms with van der Waals surface area (Å²) in [5.74, 6) is 0.327. The second-order valence-corrected chi connectivity index (χ2v) is 3.63. The highest BCUT2D eigenvalue weighted by Crippen LogP contribution is 2.09. The maximum absolute atomic E-state index is 12.6. The Hall–Kier alpha value is -1.91. The Labute approximate surface area is 93.1 Å². The number of nitrogens with one attached hydrogen (secondary N) is 1. The van der Waals surface area contributed by atoms with E-state index < -0.39 is 0 Å². The van der Waals surface area contributed by atoms with Crippen LogP contribution in [0.5, 0.6) is 0 Å². The van der Waals surface area contributed by atoms with E-state index in [0.717, 1.165) is 11.3 Å². The van der Waals surface area contributed by atoms with E-state index in [2.05, 4.69) is 15.4 Å². The Morgan fingerprint density at radius 1 is 1.44 bits per heavy atom. The van der Waals surface area contributed by atoms with Gasteiger partial charge >= 0.3 is 0 Å². The van der Waals surface area contributed by atoms with E-state index in [0.29, 0.717) is 12.4 Å². The summed E-state index contributed by atoms with van der Waals surface area (Å²) in [5, 5.41) is 7.34. The molecule has 4 nitrogen and oxygen atoms in total. The van der Waals surface area contributed by atoms with E-state index >= 15 is 0 Å². The van der Waals surface area contributed by atoms with E-state index in [-0.39, 0.29) is 5.82 Å². The van der Waals surface area contributed by atoms with E-state index in [1.165, 1.54) is 12.3 Å². The largest absolute Gasteiger partial charge is 0.366 e. The van der Waals surface area contributed by atoms with Crippen LogP contribution in [0.25, 0.3) is 0 Å². The van der Waals surface area contributed by atoms with Gasteiger partial charge in [-0.25, -0.2) is 9.37 Å². The molecule has 0 unspecified atom stereocenters. The molecule has 1 N–H and O–H groups in total. The van der Waals surface area contributed by atoms with Gasteiger partial charge in [0.1, 0.15) is 11.6 Å². The first kappa shape index (κ1) is 10.6. The zero-order chi connectivity index (χ0) is 11.5. The molecule has 0 saturated carbocycles. The van der Waals surface area contributed by atoms with Crippen molar-refractivity contribution in [1.82, 2.24) is 14.8 Å². The number of pyridine rings is 1. The maximum atomic E-state index is 12.6. The van der Waals surface area contributed by atoms with Gasteiger partial charge in [-0.05, 0) is 19.1 Å². The summed E-state index contributed by atoms with van der Waals surface area (Å²) in [7, 11) is 1.88. The van der Waals surface area contributed by atoms with Crippen molar-refractivity contribution < 1.29 is 4.39 Å². The van der Waals surface area contributed by atoms with Gasteiger partial charge in [0.05, 0.1) is 11.9 Å². The predicted molar refractivity (Wildman–Crippen MR) is 59.5 cm³/mol. The highest BCUT2D eigenvalue weighted by molar-refractivity contribution is 5.35. The monoisotopic (exact) mass is 220 g/mol. The van der Waals surface area contributed by atoms with Gasteiger partial charge in [0.2, 0.25) is 0 Å². The number of anilines is 1. The zero-order valence-corrected chi connectivity index (χ0v) is 9.24. The van der Waals surface area contributed by atoms with Gasteiger partial charge in [-0.2, -0.15) is 5.10 Å². The van der Waals surface area contributed by atoms with Crippen LogP contribution < -0.4 is 5.32 Å². The lowest BCUT2D eigenvalue weighted by molar-refractivity contribution is 0.621. The van der Waals surface area contributed by atoms with E-state index in [4.69, 9.17) is 0 Å². The third-order valence-electron chi connectivity index (χ3n) is 2.30. The molecule has 0 aliphatic carbocycles. The van der Waals surface area contributed by atoms with Crippen LogP contribution in [0.15, 0.2) is 24.5 Å². The fraction of sp³-hybridized carbons (Fsp3) is 0.273. The molecular weight excluding hydrogens is 207 g/mol. The van der Waals surface area contributed by atoms with Gasteiger partial charge in [0.25, 0.3) is 0 Å². The van der Waals surface area contributed by atoms with Gasteiger partial charge in [0, 0.05) is 25.4 Å². The first-order chi connectivity index (χ1) is 7.65. The molecule has 0 saturated heterocycles. The van der Waals surface area contributed by atoms with Crippen molar-refractivity contribution in [2.24, 2.45) is 7.05 Å². The standard InChI is InChI=1S/C11H13FN4/c1-8-9(7-16(2)15-8)5-13-11-4-3-10(12)6-14-11/h3-4,6-7H,5H2,1-2H3,(H,13,14). The lowest BCUT2D eigenvalue weighted by Gasteiger charge is -2.03. The number of hydrogen-bond acceptors (Lipinski definition) is 3. The molecule has 0 amide bonds. The summed E-state index contributed by atoms with van der Waals surface area (Å²) < 4.78 is 14.4. The second kappa shape index (κ2) is 4.30. The van der Waals surface area contributed by atoms with Crippen LogP contribution in [0.3, 0.4) is 0 Å². The summed E-state index contributed by atoms with van der Waals surface area (Å²) in [6.07, 6.45) is 3.14. The molecule has 0 aliphatic rings. The highest BCUT2D eigenvalue weighted by atomic mass is 19.1. The van der Waals surface area contributed by atoms with Crippen LogP contribution in [0.4, 0.5) is 10.2 Å². The normalized spacial score (nSPS) is 10.4. The molecule has 16 heavy (non-hydrogen) atoms. The van der Waals surface area contributed by atoms with Crippen LogP contribution in [0, 0.1) is 12.7 Å². The van der Waals surface area contributed by atoms with Crippen molar-refractivity contribution in [2.45, 2.75) is 13.5 Å². The van der Waals surface area contributed by atoms with Gasteiger partial charge in [-0.1, -0.05) is 0 Å². The lowest BCUT2D eigenvalue weighted by atomic mass is 10.2. The zero-order valence-electron chi connectivity index (χ0n) is 9.24. The number of nitrogens with zero attached hydrogens (tertiary/aromatic N) is 3. The predicted octanol–water partition coefficient (Wildman–Crippen LogP) is 1.87. The second-order valence-electron chi connectivity index (χ2n) is 3.63. The molecule has 0 bridgehead atoms. The van der Waals surface area contributed by atoms with Crippen molar-refractivity contribution in [3.05, 3.63) is 41.6 Å². The molecule has 84 valence electrons. The van der Waals surface area contributed by atoms with Crippen LogP contribution in [0.1, 0.15) is 11.3 Å². The Kier molecular flexibility index (Phi) is 2.85. The molecule has 0 aromatic carbocycles. The molecule has 2 aromatic rings. The summed E-state index contributed by atoms with van der Waals surface area (Å²) in [5.41, 5.74) is 2.09. The molecule has 0 fully saturated rings. The third kappa shape index (κ3) is 2.36. The number of aromatic nitrogens is 3. The number of aryl methyl sites for hydroxylation is 2. The molecule has 0 spiro atoms. The Balaban J connectivity index is 2.02. The molecule has 2 rings (SSSR count). The number of hydrogen-bond donors (Lipinski definition) is 1. The van der Waals surface area contributed by atoms with Gasteiger partial charge in [-0.15, -0.1) is 0 Å². The van der Waals surface area contributed by atoms with Crippen molar-refractivity contribution >= 4 is 5.82 Å². The summed E-state index contributed by atoms with van der Waals surface area (Å²) >= 11 is 0. The van der Waals surface area contributed by atoms with Gasteiger partial charge in [0.15, 0.2) is 0 Å². The minimum atomic E-state index is -0.330. The van der Waals surface area contributed by atoms with Crippen LogP contribution >= 0.6 is 0 Å². The fourth-order valence-corrected chi connectivity index (χ4v) is 1.49. The molecule has 0 atom stereocenters. The van der Waals surface area contributed by atoms with E-state index in [1.807, 2.05) is 20.2 Å². The molecule has 2 heterocycles. The highest BCUT2D eigenvalue weighted by Gasteiger charge is 2.02. The van der Waals surface area contributed by atoms with Crippen LogP contribution in [-0.2, 0) is 13.6 Å². The molecular formula is C11H13FN4. The Bertz CT molecular complexity index is 475. The first-order valence-corrected chi connectivity index (χ1v) is 4.99. The Morgan fingerprint density at radius 3 is 2.81 bits per heavy atom. The molecule has 0 radical (unpaired) electrons. The quantitative estimate of drug-likeness (QED) is 0.858. The van der Waals surface area contributed by atoms with Crippen molar-refractivity contribution in [1.29, 1.82) is 0 Å². The van der Waals surface area contributed by atoms with Gasteiger partial charge in [-0.3, -0.25) is 4.68 Å². The summed E-state index contributed by atoms with van der Waals surface area (Å²) in [6, 6.07) is 2.99. The fourth-order valence-electron chi connectivity index (χ4n) is 1.49. The number of halogens is 1.